The predicted octanol–water partition coefficient (Wildman–Crippen LogP) is 6.99. The number of rotatable bonds is 26. The van der Waals surface area contributed by atoms with Crippen LogP contribution in [0.3, 0.4) is 0 Å². The lowest BCUT2D eigenvalue weighted by molar-refractivity contribution is -0.870. The first-order valence-electron chi connectivity index (χ1n) is 14.3. The number of quaternary nitrogens is 1. The van der Waals surface area contributed by atoms with E-state index in [2.05, 4.69) is 6.92 Å². The zero-order valence-corrected chi connectivity index (χ0v) is 24.9. The van der Waals surface area contributed by atoms with Gasteiger partial charge in [-0.1, -0.05) is 96.8 Å². The molecule has 9 heteroatoms. The van der Waals surface area contributed by atoms with Crippen molar-refractivity contribution in [1.82, 2.24) is 0 Å². The molecule has 0 aromatic heterocycles. The third-order valence-electron chi connectivity index (χ3n) is 5.98. The monoisotopic (exact) mass is 538 g/mol. The molecule has 0 aromatic carbocycles. The number of hydrogen-bond donors (Lipinski definition) is 1. The van der Waals surface area contributed by atoms with Crippen molar-refractivity contribution in [2.45, 2.75) is 123 Å². The second kappa shape index (κ2) is 22.5. The van der Waals surface area contributed by atoms with E-state index in [9.17, 15) is 14.3 Å². The minimum Gasteiger partial charge on any atom is -0.463 e. The van der Waals surface area contributed by atoms with Crippen LogP contribution in [-0.4, -0.2) is 69.1 Å². The van der Waals surface area contributed by atoms with Crippen LogP contribution >= 0.6 is 7.82 Å². The summed E-state index contributed by atoms with van der Waals surface area (Å²) in [4.78, 5) is 21.6. The molecule has 2 atom stereocenters. The molecule has 0 rings (SSSR count). The highest BCUT2D eigenvalue weighted by molar-refractivity contribution is 7.47. The van der Waals surface area contributed by atoms with Crippen LogP contribution in [0.25, 0.3) is 0 Å². The van der Waals surface area contributed by atoms with Gasteiger partial charge in [0.1, 0.15) is 19.8 Å². The number of carbonyl (C=O) groups is 1. The van der Waals surface area contributed by atoms with Crippen LogP contribution in [-0.2, 0) is 27.9 Å². The number of ether oxygens (including phenoxy) is 2. The maximum absolute atomic E-state index is 11.9. The highest BCUT2D eigenvalue weighted by atomic mass is 31.2. The van der Waals surface area contributed by atoms with Gasteiger partial charge in [-0.15, -0.1) is 0 Å². The maximum atomic E-state index is 11.9. The Morgan fingerprint density at radius 2 is 1.25 bits per heavy atom. The van der Waals surface area contributed by atoms with Crippen LogP contribution in [0.5, 0.6) is 0 Å². The first-order valence-corrected chi connectivity index (χ1v) is 15.8. The number of esters is 1. The second-order valence-corrected chi connectivity index (χ2v) is 12.2. The summed E-state index contributed by atoms with van der Waals surface area (Å²) in [7, 11) is 1.69. The average molecular weight is 539 g/mol. The zero-order chi connectivity index (χ0) is 27.1. The van der Waals surface area contributed by atoms with Gasteiger partial charge < -0.3 is 18.9 Å². The summed E-state index contributed by atoms with van der Waals surface area (Å²) in [6.45, 7) is 4.61. The lowest BCUT2D eigenvalue weighted by Crippen LogP contribution is -2.37. The first-order chi connectivity index (χ1) is 17.1. The van der Waals surface area contributed by atoms with Crippen LogP contribution in [0.2, 0.25) is 0 Å². The standard InChI is InChI=1S/C27H56NO7P/c1-6-7-8-9-10-11-12-13-14-15-16-17-18-19-20-21-27(29)33-25-24-32-26(2)35-36(30,31)34-23-22-28(3,4)5/h26H,6-25H2,1-5H3/p+1. The molecule has 0 heterocycles. The molecule has 0 fully saturated rings. The molecule has 0 bridgehead atoms. The van der Waals surface area contributed by atoms with E-state index in [1.807, 2.05) is 21.1 Å². The van der Waals surface area contributed by atoms with Crippen molar-refractivity contribution in [1.29, 1.82) is 0 Å². The fourth-order valence-corrected chi connectivity index (χ4v) is 4.57. The molecule has 216 valence electrons. The number of phosphoric ester groups is 1. The highest BCUT2D eigenvalue weighted by Crippen LogP contribution is 2.44. The second-order valence-electron chi connectivity index (χ2n) is 10.8. The lowest BCUT2D eigenvalue weighted by Gasteiger charge is -2.24. The van der Waals surface area contributed by atoms with E-state index in [0.717, 1.165) is 12.8 Å². The summed E-state index contributed by atoms with van der Waals surface area (Å²) in [6.07, 6.45) is 18.8. The molecule has 0 saturated heterocycles. The molecule has 0 saturated carbocycles. The van der Waals surface area contributed by atoms with Crippen LogP contribution in [0.15, 0.2) is 0 Å². The molecule has 8 nitrogen and oxygen atoms in total. The smallest absolute Gasteiger partial charge is 0.463 e. The molecule has 0 spiro atoms. The van der Waals surface area contributed by atoms with Crippen molar-refractivity contribution in [2.24, 2.45) is 0 Å². The topological polar surface area (TPSA) is 91.3 Å². The van der Waals surface area contributed by atoms with Gasteiger partial charge in [0, 0.05) is 6.42 Å². The van der Waals surface area contributed by atoms with Crippen LogP contribution in [0.4, 0.5) is 0 Å². The summed E-state index contributed by atoms with van der Waals surface area (Å²) in [5.41, 5.74) is 0. The normalized spacial score (nSPS) is 14.5. The molecule has 0 aliphatic carbocycles. The van der Waals surface area contributed by atoms with E-state index >= 15 is 0 Å². The van der Waals surface area contributed by atoms with Gasteiger partial charge in [-0.2, -0.15) is 0 Å². The SMILES string of the molecule is CCCCCCCCCCCCCCCCCC(=O)OCCOC(C)OP(=O)(O)OCC[N+](C)(C)C. The number of carbonyl (C=O) groups excluding carboxylic acids is 1. The quantitative estimate of drug-likeness (QED) is 0.0417. The number of likely N-dealkylation sites (N-methyl/N-ethyl adjacent to an activating group) is 1. The molecule has 1 N–H and O–H groups in total. The molecule has 2 unspecified atom stereocenters. The van der Waals surface area contributed by atoms with Crippen LogP contribution in [0.1, 0.15) is 117 Å². The van der Waals surface area contributed by atoms with E-state index in [-0.39, 0.29) is 25.8 Å². The van der Waals surface area contributed by atoms with Gasteiger partial charge in [-0.25, -0.2) is 4.57 Å². The Hall–Kier alpha value is -0.500. The predicted molar refractivity (Wildman–Crippen MR) is 146 cm³/mol. The van der Waals surface area contributed by atoms with E-state index in [4.69, 9.17) is 18.5 Å². The van der Waals surface area contributed by atoms with Gasteiger partial charge in [0.25, 0.3) is 0 Å². The Balaban J connectivity index is 3.50. The van der Waals surface area contributed by atoms with Crippen LogP contribution in [0, 0.1) is 0 Å². The van der Waals surface area contributed by atoms with Gasteiger partial charge >= 0.3 is 13.8 Å². The lowest BCUT2D eigenvalue weighted by atomic mass is 10.0. The molecule has 36 heavy (non-hydrogen) atoms. The van der Waals surface area contributed by atoms with E-state index in [0.29, 0.717) is 17.4 Å². The van der Waals surface area contributed by atoms with Crippen molar-refractivity contribution in [3.05, 3.63) is 0 Å². The minimum atomic E-state index is -4.19. The summed E-state index contributed by atoms with van der Waals surface area (Å²) in [5, 5.41) is 0. The maximum Gasteiger partial charge on any atom is 0.474 e. The van der Waals surface area contributed by atoms with Gasteiger partial charge in [0.05, 0.1) is 27.7 Å². The van der Waals surface area contributed by atoms with Crippen molar-refractivity contribution in [2.75, 3.05) is 47.5 Å². The Morgan fingerprint density at radius 1 is 0.778 bits per heavy atom. The molecular weight excluding hydrogens is 481 g/mol. The van der Waals surface area contributed by atoms with E-state index in [1.54, 1.807) is 0 Å². The van der Waals surface area contributed by atoms with E-state index in [1.165, 1.54) is 90.4 Å². The van der Waals surface area contributed by atoms with Crippen molar-refractivity contribution >= 4 is 13.8 Å². The Bertz CT molecular complexity index is 569. The molecule has 0 radical (unpaired) electrons. The molecule has 0 aliphatic rings. The zero-order valence-electron chi connectivity index (χ0n) is 24.0. The Morgan fingerprint density at radius 3 is 1.72 bits per heavy atom. The average Bonchev–Trinajstić information content (AvgIpc) is 2.78. The fraction of sp³-hybridized carbons (Fsp3) is 0.963. The summed E-state index contributed by atoms with van der Waals surface area (Å²) in [6, 6.07) is 0. The van der Waals surface area contributed by atoms with Crippen molar-refractivity contribution in [3.63, 3.8) is 0 Å². The van der Waals surface area contributed by atoms with Gasteiger partial charge in [-0.05, 0) is 13.3 Å². The summed E-state index contributed by atoms with van der Waals surface area (Å²) < 4.78 is 32.9. The third-order valence-corrected chi connectivity index (χ3v) is 7.05. The summed E-state index contributed by atoms with van der Waals surface area (Å²) >= 11 is 0. The minimum absolute atomic E-state index is 0.0867. The number of hydrogen-bond acceptors (Lipinski definition) is 6. The summed E-state index contributed by atoms with van der Waals surface area (Å²) in [5.74, 6) is -0.238. The Labute approximate surface area is 221 Å². The van der Waals surface area contributed by atoms with Crippen molar-refractivity contribution in [3.8, 4) is 0 Å². The van der Waals surface area contributed by atoms with Crippen LogP contribution < -0.4 is 0 Å². The Kier molecular flexibility index (Phi) is 22.2. The first kappa shape index (κ1) is 35.5. The van der Waals surface area contributed by atoms with E-state index < -0.39 is 14.1 Å². The molecule has 0 aliphatic heterocycles. The molecule has 0 amide bonds. The van der Waals surface area contributed by atoms with Gasteiger partial charge in [0.2, 0.25) is 0 Å². The van der Waals surface area contributed by atoms with Gasteiger partial charge in [-0.3, -0.25) is 13.8 Å². The fourth-order valence-electron chi connectivity index (χ4n) is 3.76. The largest absolute Gasteiger partial charge is 0.474 e. The number of nitrogens with zero attached hydrogens (tertiary/aromatic N) is 1. The highest BCUT2D eigenvalue weighted by Gasteiger charge is 2.26. The molecule has 0 aromatic rings. The third kappa shape index (κ3) is 26.6. The van der Waals surface area contributed by atoms with Gasteiger partial charge in [0.15, 0.2) is 6.29 Å². The number of phosphoric acid groups is 1. The van der Waals surface area contributed by atoms with Crippen molar-refractivity contribution < 1.29 is 37.3 Å². The number of unbranched alkanes of at least 4 members (excludes halogenated alkanes) is 14. The molecular formula is C27H57NO7P+.